The highest BCUT2D eigenvalue weighted by Gasteiger charge is 2.19. The number of rotatable bonds is 3. The Balaban J connectivity index is 1.77. The Morgan fingerprint density at radius 2 is 2.30 bits per heavy atom. The van der Waals surface area contributed by atoms with Gasteiger partial charge in [0.05, 0.1) is 11.6 Å². The molecule has 1 unspecified atom stereocenters. The van der Waals surface area contributed by atoms with Gasteiger partial charge in [-0.2, -0.15) is 0 Å². The molecule has 1 aliphatic rings. The van der Waals surface area contributed by atoms with E-state index in [2.05, 4.69) is 4.98 Å². The first kappa shape index (κ1) is 12.9. The molecule has 0 aliphatic carbocycles. The first-order chi connectivity index (χ1) is 9.74. The molecule has 0 radical (unpaired) electrons. The van der Waals surface area contributed by atoms with Gasteiger partial charge in [-0.1, -0.05) is 18.2 Å². The molecule has 3 rings (SSSR count). The smallest absolute Gasteiger partial charge is 0.357 e. The maximum Gasteiger partial charge on any atom is 0.357 e. The second-order valence-electron chi connectivity index (χ2n) is 4.85. The zero-order valence-corrected chi connectivity index (χ0v) is 11.0. The predicted octanol–water partition coefficient (Wildman–Crippen LogP) is 2.15. The van der Waals surface area contributed by atoms with E-state index in [1.165, 1.54) is 0 Å². The minimum absolute atomic E-state index is 0.0109. The molecule has 2 N–H and O–H groups in total. The van der Waals surface area contributed by atoms with Gasteiger partial charge in [0.1, 0.15) is 6.61 Å². The number of ether oxygens (including phenoxy) is 2. The summed E-state index contributed by atoms with van der Waals surface area (Å²) in [5.74, 6) is -0.460. The molecular formula is C15H16N2O3. The van der Waals surface area contributed by atoms with Crippen LogP contribution in [0.2, 0.25) is 0 Å². The molecule has 0 amide bonds. The van der Waals surface area contributed by atoms with Crippen molar-refractivity contribution in [1.82, 2.24) is 4.98 Å². The van der Waals surface area contributed by atoms with Crippen LogP contribution < -0.4 is 5.73 Å². The summed E-state index contributed by atoms with van der Waals surface area (Å²) in [7, 11) is 0. The monoisotopic (exact) mass is 272 g/mol. The van der Waals surface area contributed by atoms with Crippen LogP contribution in [0.4, 0.5) is 5.69 Å². The van der Waals surface area contributed by atoms with Crippen LogP contribution in [-0.2, 0) is 9.47 Å². The van der Waals surface area contributed by atoms with Crippen LogP contribution in [0.5, 0.6) is 0 Å². The molecule has 1 aromatic heterocycles. The third-order valence-corrected chi connectivity index (χ3v) is 3.38. The number of carbonyl (C=O) groups excluding carboxylic acids is 1. The summed E-state index contributed by atoms with van der Waals surface area (Å²) in [5.41, 5.74) is 7.39. The average molecular weight is 272 g/mol. The molecule has 2 heterocycles. The van der Waals surface area contributed by atoms with Crippen molar-refractivity contribution in [2.75, 3.05) is 18.9 Å². The van der Waals surface area contributed by atoms with Gasteiger partial charge in [0.25, 0.3) is 0 Å². The molecule has 104 valence electrons. The van der Waals surface area contributed by atoms with Crippen molar-refractivity contribution in [3.63, 3.8) is 0 Å². The number of carbonyl (C=O) groups is 1. The fraction of sp³-hybridized carbons (Fsp3) is 0.333. The van der Waals surface area contributed by atoms with Gasteiger partial charge >= 0.3 is 5.97 Å². The molecule has 2 aromatic rings. The predicted molar refractivity (Wildman–Crippen MR) is 75.4 cm³/mol. The Hall–Kier alpha value is -2.14. The highest BCUT2D eigenvalue weighted by atomic mass is 16.6. The maximum absolute atomic E-state index is 12.0. The van der Waals surface area contributed by atoms with Gasteiger partial charge in [0.15, 0.2) is 5.69 Å². The number of para-hydroxylation sites is 1. The van der Waals surface area contributed by atoms with Gasteiger partial charge in [-0.15, -0.1) is 0 Å². The van der Waals surface area contributed by atoms with Crippen LogP contribution in [0, 0.1) is 0 Å². The summed E-state index contributed by atoms with van der Waals surface area (Å²) in [4.78, 5) is 16.3. The maximum atomic E-state index is 12.0. The molecule has 5 heteroatoms. The Labute approximate surface area is 116 Å². The lowest BCUT2D eigenvalue weighted by atomic mass is 10.1. The summed E-state index contributed by atoms with van der Waals surface area (Å²) in [6, 6.07) is 8.99. The zero-order valence-electron chi connectivity index (χ0n) is 11.0. The van der Waals surface area contributed by atoms with E-state index in [-0.39, 0.29) is 18.4 Å². The fourth-order valence-electron chi connectivity index (χ4n) is 2.33. The molecule has 0 bridgehead atoms. The summed E-state index contributed by atoms with van der Waals surface area (Å²) >= 11 is 0. The molecule has 5 nitrogen and oxygen atoms in total. The van der Waals surface area contributed by atoms with Crippen molar-refractivity contribution in [2.45, 2.75) is 18.9 Å². The van der Waals surface area contributed by atoms with Crippen molar-refractivity contribution in [2.24, 2.45) is 0 Å². The third kappa shape index (κ3) is 2.58. The molecular weight excluding hydrogens is 256 g/mol. The van der Waals surface area contributed by atoms with Crippen LogP contribution in [0.15, 0.2) is 30.3 Å². The van der Waals surface area contributed by atoms with E-state index in [0.29, 0.717) is 11.2 Å². The van der Waals surface area contributed by atoms with Crippen molar-refractivity contribution >= 4 is 22.6 Å². The Kier molecular flexibility index (Phi) is 3.52. The first-order valence-corrected chi connectivity index (χ1v) is 6.68. The van der Waals surface area contributed by atoms with Crippen molar-refractivity contribution in [1.29, 1.82) is 0 Å². The van der Waals surface area contributed by atoms with E-state index < -0.39 is 5.97 Å². The largest absolute Gasteiger partial charge is 0.458 e. The number of nitrogen functional groups attached to an aromatic ring is 1. The summed E-state index contributed by atoms with van der Waals surface area (Å²) in [6.07, 6.45) is 1.96. The number of hydrogen-bond acceptors (Lipinski definition) is 5. The van der Waals surface area contributed by atoms with Crippen LogP contribution in [0.3, 0.4) is 0 Å². The number of hydrogen-bond donors (Lipinski definition) is 1. The number of nitrogens with two attached hydrogens (primary N) is 1. The van der Waals surface area contributed by atoms with Crippen LogP contribution in [-0.4, -0.2) is 30.3 Å². The van der Waals surface area contributed by atoms with E-state index >= 15 is 0 Å². The van der Waals surface area contributed by atoms with Crippen LogP contribution in [0.1, 0.15) is 23.3 Å². The van der Waals surface area contributed by atoms with E-state index in [0.717, 1.165) is 24.8 Å². The number of aromatic nitrogens is 1. The zero-order chi connectivity index (χ0) is 13.9. The van der Waals surface area contributed by atoms with E-state index in [1.54, 1.807) is 6.07 Å². The SMILES string of the molecule is Nc1cc(C(=O)OCC2CCCO2)nc2ccccc12. The molecule has 1 aliphatic heterocycles. The van der Waals surface area contributed by atoms with E-state index in [4.69, 9.17) is 15.2 Å². The lowest BCUT2D eigenvalue weighted by Crippen LogP contribution is -2.18. The first-order valence-electron chi connectivity index (χ1n) is 6.68. The molecule has 1 saturated heterocycles. The van der Waals surface area contributed by atoms with Gasteiger partial charge in [-0.05, 0) is 25.0 Å². The minimum atomic E-state index is -0.460. The molecule has 20 heavy (non-hydrogen) atoms. The standard InChI is InChI=1S/C15H16N2O3/c16-12-8-14(17-13-6-2-1-5-11(12)13)15(18)20-9-10-4-3-7-19-10/h1-2,5-6,8,10H,3-4,7,9H2,(H2,16,17). The average Bonchev–Trinajstić information content (AvgIpc) is 2.98. The minimum Gasteiger partial charge on any atom is -0.458 e. The Bertz CT molecular complexity index is 636. The number of esters is 1. The summed E-state index contributed by atoms with van der Waals surface area (Å²) in [6.45, 7) is 1.01. The summed E-state index contributed by atoms with van der Waals surface area (Å²) in [5, 5.41) is 0.836. The third-order valence-electron chi connectivity index (χ3n) is 3.38. The second-order valence-corrected chi connectivity index (χ2v) is 4.85. The number of nitrogens with zero attached hydrogens (tertiary/aromatic N) is 1. The fourth-order valence-corrected chi connectivity index (χ4v) is 2.33. The van der Waals surface area contributed by atoms with Gasteiger partial charge < -0.3 is 15.2 Å². The lowest BCUT2D eigenvalue weighted by molar-refractivity contribution is 0.0157. The summed E-state index contributed by atoms with van der Waals surface area (Å²) < 4.78 is 10.6. The molecule has 1 aromatic carbocycles. The van der Waals surface area contributed by atoms with Gasteiger partial charge in [0, 0.05) is 17.7 Å². The molecule has 0 saturated carbocycles. The van der Waals surface area contributed by atoms with Crippen molar-refractivity contribution < 1.29 is 14.3 Å². The normalized spacial score (nSPS) is 18.3. The van der Waals surface area contributed by atoms with Crippen LogP contribution in [0.25, 0.3) is 10.9 Å². The Morgan fingerprint density at radius 3 is 3.10 bits per heavy atom. The van der Waals surface area contributed by atoms with Crippen molar-refractivity contribution in [3.05, 3.63) is 36.0 Å². The van der Waals surface area contributed by atoms with E-state index in [1.807, 2.05) is 24.3 Å². The van der Waals surface area contributed by atoms with Crippen LogP contribution >= 0.6 is 0 Å². The van der Waals surface area contributed by atoms with Crippen molar-refractivity contribution in [3.8, 4) is 0 Å². The van der Waals surface area contributed by atoms with Gasteiger partial charge in [-0.25, -0.2) is 9.78 Å². The number of benzene rings is 1. The van der Waals surface area contributed by atoms with E-state index in [9.17, 15) is 4.79 Å². The highest BCUT2D eigenvalue weighted by molar-refractivity contribution is 5.96. The Morgan fingerprint density at radius 1 is 1.45 bits per heavy atom. The van der Waals surface area contributed by atoms with Gasteiger partial charge in [-0.3, -0.25) is 0 Å². The lowest BCUT2D eigenvalue weighted by Gasteiger charge is -2.10. The highest BCUT2D eigenvalue weighted by Crippen LogP contribution is 2.20. The van der Waals surface area contributed by atoms with Gasteiger partial charge in [0.2, 0.25) is 0 Å². The quantitative estimate of drug-likeness (QED) is 0.866. The number of anilines is 1. The molecule has 1 fully saturated rings. The second kappa shape index (κ2) is 5.46. The molecule has 0 spiro atoms. The number of fused-ring (bicyclic) bond motifs is 1. The molecule has 1 atom stereocenters. The number of pyridine rings is 1. The topological polar surface area (TPSA) is 74.4 Å².